The molecule has 0 aliphatic rings. The zero-order valence-corrected chi connectivity index (χ0v) is 22.0. The molecule has 4 rings (SSSR count). The van der Waals surface area contributed by atoms with Gasteiger partial charge in [-0.25, -0.2) is 4.98 Å². The summed E-state index contributed by atoms with van der Waals surface area (Å²) in [7, 11) is 0. The van der Waals surface area contributed by atoms with Gasteiger partial charge in [-0.1, -0.05) is 34.5 Å². The fourth-order valence-corrected chi connectivity index (χ4v) is 5.05. The van der Waals surface area contributed by atoms with E-state index < -0.39 is 0 Å². The highest BCUT2D eigenvalue weighted by atomic mass is 127. The molecule has 156 valence electrons. The first-order chi connectivity index (χ1) is 14.8. The van der Waals surface area contributed by atoms with Crippen LogP contribution < -0.4 is 10.6 Å². The lowest BCUT2D eigenvalue weighted by atomic mass is 10.2. The molecule has 1 aromatic heterocycles. The normalized spacial score (nSPS) is 10.8. The smallest absolute Gasteiger partial charge is 0.258 e. The third-order valence-corrected chi connectivity index (χ3v) is 7.15. The number of benzene rings is 3. The number of nitrogens with one attached hydrogen (secondary N) is 2. The number of fused-ring (bicyclic) bond motifs is 1. The van der Waals surface area contributed by atoms with Gasteiger partial charge in [0, 0.05) is 12.8 Å². The Morgan fingerprint density at radius 2 is 1.39 bits per heavy atom. The molecule has 0 aliphatic heterocycles. The van der Waals surface area contributed by atoms with Crippen LogP contribution in [-0.4, -0.2) is 16.8 Å². The standard InChI is InChI=1S/C21H11Cl2I2N3O2S/c22-15-4-1-10(24)7-13(15)19(29)26-12-3-6-17-18(9-12)31-21(27-17)28-20(30)14-8-11(25)2-5-16(14)23/h1-9H,(H,26,29)(H,27,28,30). The molecule has 4 aromatic rings. The number of halogens is 4. The van der Waals surface area contributed by atoms with Crippen LogP contribution in [0.5, 0.6) is 0 Å². The van der Waals surface area contributed by atoms with E-state index in [9.17, 15) is 9.59 Å². The molecule has 0 aliphatic carbocycles. The Labute approximate surface area is 218 Å². The first kappa shape index (κ1) is 22.7. The lowest BCUT2D eigenvalue weighted by Gasteiger charge is -2.07. The Balaban J connectivity index is 1.54. The minimum absolute atomic E-state index is 0.297. The van der Waals surface area contributed by atoms with Gasteiger partial charge < -0.3 is 5.32 Å². The predicted octanol–water partition coefficient (Wildman–Crippen LogP) is 7.32. The van der Waals surface area contributed by atoms with Gasteiger partial charge in [0.15, 0.2) is 5.13 Å². The topological polar surface area (TPSA) is 71.1 Å². The van der Waals surface area contributed by atoms with Crippen molar-refractivity contribution in [2.24, 2.45) is 0 Å². The van der Waals surface area contributed by atoms with Crippen LogP contribution >= 0.6 is 79.7 Å². The second kappa shape index (κ2) is 9.57. The second-order valence-electron chi connectivity index (χ2n) is 6.36. The third-order valence-electron chi connectivity index (χ3n) is 4.21. The molecule has 0 atom stereocenters. The summed E-state index contributed by atoms with van der Waals surface area (Å²) in [5.41, 5.74) is 2.10. The van der Waals surface area contributed by atoms with Crippen LogP contribution in [0.4, 0.5) is 10.8 Å². The molecule has 2 amide bonds. The lowest BCUT2D eigenvalue weighted by Crippen LogP contribution is -2.12. The number of nitrogens with zero attached hydrogens (tertiary/aromatic N) is 1. The SMILES string of the molecule is O=C(Nc1ccc2nc(NC(=O)c3cc(I)ccc3Cl)sc2c1)c1cc(I)ccc1Cl. The van der Waals surface area contributed by atoms with Crippen molar-refractivity contribution >= 4 is 113 Å². The fraction of sp³-hybridized carbons (Fsp3) is 0. The van der Waals surface area contributed by atoms with E-state index in [1.54, 1.807) is 42.5 Å². The van der Waals surface area contributed by atoms with E-state index in [4.69, 9.17) is 23.2 Å². The number of amides is 2. The first-order valence-electron chi connectivity index (χ1n) is 8.73. The van der Waals surface area contributed by atoms with E-state index in [2.05, 4.69) is 60.8 Å². The highest BCUT2D eigenvalue weighted by molar-refractivity contribution is 14.1. The summed E-state index contributed by atoms with van der Waals surface area (Å²) >= 11 is 17.9. The highest BCUT2D eigenvalue weighted by Crippen LogP contribution is 2.30. The molecular formula is C21H11Cl2I2N3O2S. The summed E-state index contributed by atoms with van der Waals surface area (Å²) in [5.74, 6) is -0.626. The van der Waals surface area contributed by atoms with E-state index >= 15 is 0 Å². The number of hydrogen-bond acceptors (Lipinski definition) is 4. The number of carbonyl (C=O) groups excluding carboxylic acids is 2. The van der Waals surface area contributed by atoms with Crippen LogP contribution in [0.3, 0.4) is 0 Å². The third kappa shape index (κ3) is 5.30. The predicted molar refractivity (Wildman–Crippen MR) is 144 cm³/mol. The van der Waals surface area contributed by atoms with Crippen molar-refractivity contribution in [3.8, 4) is 0 Å². The van der Waals surface area contributed by atoms with E-state index in [0.29, 0.717) is 37.5 Å². The maximum absolute atomic E-state index is 12.6. The molecule has 0 spiro atoms. The van der Waals surface area contributed by atoms with Crippen molar-refractivity contribution in [1.29, 1.82) is 0 Å². The van der Waals surface area contributed by atoms with Gasteiger partial charge in [0.25, 0.3) is 11.8 Å². The highest BCUT2D eigenvalue weighted by Gasteiger charge is 2.15. The summed E-state index contributed by atoms with van der Waals surface area (Å²) in [4.78, 5) is 29.6. The number of aromatic nitrogens is 1. The van der Waals surface area contributed by atoms with Gasteiger partial charge in [0.2, 0.25) is 0 Å². The zero-order valence-electron chi connectivity index (χ0n) is 15.4. The van der Waals surface area contributed by atoms with Crippen molar-refractivity contribution in [2.45, 2.75) is 0 Å². The van der Waals surface area contributed by atoms with E-state index in [1.807, 2.05) is 12.1 Å². The lowest BCUT2D eigenvalue weighted by molar-refractivity contribution is 0.101. The molecule has 31 heavy (non-hydrogen) atoms. The minimum Gasteiger partial charge on any atom is -0.322 e. The van der Waals surface area contributed by atoms with Gasteiger partial charge in [-0.2, -0.15) is 0 Å². The first-order valence-corrected chi connectivity index (χ1v) is 12.5. The Kier molecular flexibility index (Phi) is 7.01. The average Bonchev–Trinajstić information content (AvgIpc) is 3.12. The minimum atomic E-state index is -0.329. The molecule has 3 aromatic carbocycles. The van der Waals surface area contributed by atoms with Crippen molar-refractivity contribution in [3.63, 3.8) is 0 Å². The van der Waals surface area contributed by atoms with E-state index in [-0.39, 0.29) is 11.8 Å². The van der Waals surface area contributed by atoms with Gasteiger partial charge in [-0.15, -0.1) is 0 Å². The Morgan fingerprint density at radius 1 is 0.806 bits per heavy atom. The number of rotatable bonds is 4. The second-order valence-corrected chi connectivity index (χ2v) is 10.7. The maximum atomic E-state index is 12.6. The van der Waals surface area contributed by atoms with Crippen LogP contribution in [0.2, 0.25) is 10.0 Å². The fourth-order valence-electron chi connectivity index (χ4n) is 2.76. The monoisotopic (exact) mass is 693 g/mol. The Hall–Kier alpha value is -1.47. The Morgan fingerprint density at radius 3 is 2.00 bits per heavy atom. The number of carbonyl (C=O) groups is 2. The van der Waals surface area contributed by atoms with Gasteiger partial charge in [-0.3, -0.25) is 14.9 Å². The van der Waals surface area contributed by atoms with Gasteiger partial charge in [-0.05, 0) is 99.8 Å². The molecular weight excluding hydrogens is 683 g/mol. The summed E-state index contributed by atoms with van der Waals surface area (Å²) in [6.45, 7) is 0. The molecule has 10 heteroatoms. The van der Waals surface area contributed by atoms with Gasteiger partial charge in [0.1, 0.15) is 0 Å². The molecule has 0 saturated heterocycles. The molecule has 2 N–H and O–H groups in total. The van der Waals surface area contributed by atoms with Crippen LogP contribution in [0, 0.1) is 7.14 Å². The number of anilines is 2. The van der Waals surface area contributed by atoms with Crippen LogP contribution in [0.25, 0.3) is 10.2 Å². The van der Waals surface area contributed by atoms with Crippen LogP contribution in [0.1, 0.15) is 20.7 Å². The Bertz CT molecular complexity index is 1280. The van der Waals surface area contributed by atoms with Crippen molar-refractivity contribution in [1.82, 2.24) is 4.98 Å². The summed E-state index contributed by atoms with van der Waals surface area (Å²) < 4.78 is 2.64. The quantitative estimate of drug-likeness (QED) is 0.220. The molecule has 1 heterocycles. The molecule has 0 saturated carbocycles. The van der Waals surface area contributed by atoms with E-state index in [1.165, 1.54) is 11.3 Å². The van der Waals surface area contributed by atoms with E-state index in [0.717, 1.165) is 11.8 Å². The van der Waals surface area contributed by atoms with Gasteiger partial charge >= 0.3 is 0 Å². The zero-order chi connectivity index (χ0) is 22.1. The molecule has 0 bridgehead atoms. The summed E-state index contributed by atoms with van der Waals surface area (Å²) in [6.07, 6.45) is 0. The molecule has 5 nitrogen and oxygen atoms in total. The molecule has 0 unspecified atom stereocenters. The van der Waals surface area contributed by atoms with Crippen LogP contribution in [-0.2, 0) is 0 Å². The van der Waals surface area contributed by atoms with Crippen molar-refractivity contribution in [3.05, 3.63) is 82.9 Å². The number of hydrogen-bond donors (Lipinski definition) is 2. The van der Waals surface area contributed by atoms with Crippen molar-refractivity contribution < 1.29 is 9.59 Å². The largest absolute Gasteiger partial charge is 0.322 e. The van der Waals surface area contributed by atoms with Crippen molar-refractivity contribution in [2.75, 3.05) is 10.6 Å². The van der Waals surface area contributed by atoms with Gasteiger partial charge in [0.05, 0.1) is 31.4 Å². The summed E-state index contributed by atoms with van der Waals surface area (Å²) in [6, 6.07) is 15.8. The molecule has 0 radical (unpaired) electrons. The average molecular weight is 694 g/mol. The summed E-state index contributed by atoms with van der Waals surface area (Å²) in [5, 5.41) is 6.85. The number of thiazole rings is 1. The molecule has 0 fully saturated rings. The maximum Gasteiger partial charge on any atom is 0.258 e. The van der Waals surface area contributed by atoms with Crippen LogP contribution in [0.15, 0.2) is 54.6 Å².